The van der Waals surface area contributed by atoms with E-state index in [1.165, 1.54) is 38.8 Å². The van der Waals surface area contributed by atoms with E-state index in [1.807, 2.05) is 30.0 Å². The van der Waals surface area contributed by atoms with E-state index in [0.717, 1.165) is 71.6 Å². The molecule has 2 aliphatic rings. The van der Waals surface area contributed by atoms with Gasteiger partial charge in [0.05, 0.1) is 17.0 Å². The Hall–Kier alpha value is -3.76. The third-order valence-corrected chi connectivity index (χ3v) is 8.02. The monoisotopic (exact) mass is 522 g/mol. The average Bonchev–Trinajstić information content (AvgIpc) is 3.26. The molecule has 2 saturated heterocycles. The lowest BCUT2D eigenvalue weighted by Crippen LogP contribution is -2.47. The standard InChI is InChI=1S/C32H38N6O/c1-3-29-28(11-8-24-9-13-30(33)34-21-24)31(36-22-35-29)25-10-12-27(23(2)20-25)32(39)38-18-14-26(15-19-38)37-16-6-4-5-7-17-37/h9-10,12-13,20-22,26H,3-7,14-19H2,1-2H3,(H2,33,34). The Morgan fingerprint density at radius 3 is 2.41 bits per heavy atom. The summed E-state index contributed by atoms with van der Waals surface area (Å²) in [6, 6.07) is 10.2. The fourth-order valence-corrected chi connectivity index (χ4v) is 5.77. The zero-order valence-corrected chi connectivity index (χ0v) is 23.1. The number of nitrogens with two attached hydrogens (primary N) is 1. The number of carbonyl (C=O) groups excluding carboxylic acids is 1. The molecule has 202 valence electrons. The number of nitrogens with zero attached hydrogens (tertiary/aromatic N) is 5. The molecule has 0 aliphatic carbocycles. The maximum Gasteiger partial charge on any atom is 0.254 e. The first kappa shape index (κ1) is 26.8. The number of aryl methyl sites for hydroxylation is 2. The molecule has 0 atom stereocenters. The van der Waals surface area contributed by atoms with Crippen LogP contribution in [-0.2, 0) is 6.42 Å². The van der Waals surface area contributed by atoms with Crippen molar-refractivity contribution in [3.63, 3.8) is 0 Å². The molecule has 7 heteroatoms. The molecule has 0 bridgehead atoms. The Balaban J connectivity index is 1.33. The predicted molar refractivity (Wildman–Crippen MR) is 155 cm³/mol. The Labute approximate surface area is 231 Å². The zero-order chi connectivity index (χ0) is 27.2. The minimum Gasteiger partial charge on any atom is -0.384 e. The van der Waals surface area contributed by atoms with E-state index in [1.54, 1.807) is 18.6 Å². The van der Waals surface area contributed by atoms with Crippen molar-refractivity contribution in [2.24, 2.45) is 0 Å². The molecule has 0 spiro atoms. The van der Waals surface area contributed by atoms with Crippen LogP contribution in [0.25, 0.3) is 11.3 Å². The quantitative estimate of drug-likeness (QED) is 0.492. The van der Waals surface area contributed by atoms with Gasteiger partial charge in [-0.15, -0.1) is 0 Å². The maximum atomic E-state index is 13.5. The van der Waals surface area contributed by atoms with E-state index in [2.05, 4.69) is 44.7 Å². The molecule has 2 aliphatic heterocycles. The van der Waals surface area contributed by atoms with Crippen LogP contribution in [0.1, 0.15) is 78.2 Å². The second-order valence-corrected chi connectivity index (χ2v) is 10.6. The lowest BCUT2D eigenvalue weighted by molar-refractivity contribution is 0.0622. The van der Waals surface area contributed by atoms with E-state index in [-0.39, 0.29) is 5.91 Å². The average molecular weight is 523 g/mol. The molecule has 1 amide bonds. The van der Waals surface area contributed by atoms with Gasteiger partial charge in [-0.25, -0.2) is 15.0 Å². The highest BCUT2D eigenvalue weighted by molar-refractivity contribution is 5.96. The number of pyridine rings is 1. The van der Waals surface area contributed by atoms with Crippen molar-refractivity contribution < 1.29 is 4.79 Å². The molecule has 2 aromatic heterocycles. The summed E-state index contributed by atoms with van der Waals surface area (Å²) in [5, 5.41) is 0. The summed E-state index contributed by atoms with van der Waals surface area (Å²) in [4.78, 5) is 31.4. The maximum absolute atomic E-state index is 13.5. The summed E-state index contributed by atoms with van der Waals surface area (Å²) >= 11 is 0. The van der Waals surface area contributed by atoms with E-state index < -0.39 is 0 Å². The summed E-state index contributed by atoms with van der Waals surface area (Å²) in [6.07, 6.45) is 11.4. The van der Waals surface area contributed by atoms with Gasteiger partial charge in [0.1, 0.15) is 12.1 Å². The minimum absolute atomic E-state index is 0.126. The predicted octanol–water partition coefficient (Wildman–Crippen LogP) is 4.87. The summed E-state index contributed by atoms with van der Waals surface area (Å²) in [6.45, 7) is 8.15. The van der Waals surface area contributed by atoms with Gasteiger partial charge in [-0.1, -0.05) is 37.7 Å². The number of anilines is 1. The molecule has 7 nitrogen and oxygen atoms in total. The van der Waals surface area contributed by atoms with Crippen LogP contribution in [0.15, 0.2) is 42.9 Å². The van der Waals surface area contributed by atoms with Crippen molar-refractivity contribution in [2.45, 2.75) is 64.8 Å². The number of aromatic nitrogens is 3. The van der Waals surface area contributed by atoms with Crippen molar-refractivity contribution in [2.75, 3.05) is 31.9 Å². The first-order valence-electron chi connectivity index (χ1n) is 14.2. The van der Waals surface area contributed by atoms with Crippen LogP contribution >= 0.6 is 0 Å². The van der Waals surface area contributed by atoms with Gasteiger partial charge in [-0.2, -0.15) is 0 Å². The highest BCUT2D eigenvalue weighted by Crippen LogP contribution is 2.27. The molecule has 3 aromatic rings. The Morgan fingerprint density at radius 2 is 1.74 bits per heavy atom. The van der Waals surface area contributed by atoms with Crippen LogP contribution in [0.5, 0.6) is 0 Å². The molecule has 4 heterocycles. The minimum atomic E-state index is 0.126. The van der Waals surface area contributed by atoms with Crippen molar-refractivity contribution >= 4 is 11.7 Å². The lowest BCUT2D eigenvalue weighted by Gasteiger charge is -2.38. The van der Waals surface area contributed by atoms with Crippen molar-refractivity contribution in [1.82, 2.24) is 24.8 Å². The van der Waals surface area contributed by atoms with Crippen LogP contribution < -0.4 is 5.73 Å². The summed E-state index contributed by atoms with van der Waals surface area (Å²) in [7, 11) is 0. The third kappa shape index (κ3) is 6.29. The number of hydrogen-bond donors (Lipinski definition) is 1. The molecular weight excluding hydrogens is 484 g/mol. The molecule has 2 N–H and O–H groups in total. The van der Waals surface area contributed by atoms with E-state index in [4.69, 9.17) is 5.73 Å². The van der Waals surface area contributed by atoms with Gasteiger partial charge in [0, 0.05) is 42.0 Å². The van der Waals surface area contributed by atoms with Crippen molar-refractivity contribution in [1.29, 1.82) is 0 Å². The number of likely N-dealkylation sites (tertiary alicyclic amines) is 2. The number of nitrogen functional groups attached to an aromatic ring is 1. The smallest absolute Gasteiger partial charge is 0.254 e. The number of rotatable bonds is 4. The van der Waals surface area contributed by atoms with Crippen molar-refractivity contribution in [3.05, 3.63) is 70.8 Å². The molecule has 39 heavy (non-hydrogen) atoms. The SMILES string of the molecule is CCc1ncnc(-c2ccc(C(=O)N3CCC(N4CCCCCC4)CC3)c(C)c2)c1C#Cc1ccc(N)nc1. The second-order valence-electron chi connectivity index (χ2n) is 10.6. The Bertz CT molecular complexity index is 1360. The highest BCUT2D eigenvalue weighted by atomic mass is 16.2. The summed E-state index contributed by atoms with van der Waals surface area (Å²) in [5.41, 5.74) is 11.6. The molecular formula is C32H38N6O. The van der Waals surface area contributed by atoms with Gasteiger partial charge < -0.3 is 15.5 Å². The van der Waals surface area contributed by atoms with Crippen LogP contribution in [-0.4, -0.2) is 62.9 Å². The molecule has 1 aromatic carbocycles. The number of benzene rings is 1. The van der Waals surface area contributed by atoms with Crippen LogP contribution in [0, 0.1) is 18.8 Å². The first-order chi connectivity index (χ1) is 19.0. The lowest BCUT2D eigenvalue weighted by atomic mass is 9.97. The van der Waals surface area contributed by atoms with E-state index in [0.29, 0.717) is 11.9 Å². The van der Waals surface area contributed by atoms with Gasteiger partial charge in [0.2, 0.25) is 0 Å². The fourth-order valence-electron chi connectivity index (χ4n) is 5.77. The largest absolute Gasteiger partial charge is 0.384 e. The number of piperidine rings is 1. The Morgan fingerprint density at radius 1 is 0.974 bits per heavy atom. The zero-order valence-electron chi connectivity index (χ0n) is 23.1. The van der Waals surface area contributed by atoms with Crippen molar-refractivity contribution in [3.8, 4) is 23.1 Å². The molecule has 0 saturated carbocycles. The fraction of sp³-hybridized carbons (Fsp3) is 0.438. The van der Waals surface area contributed by atoms with Gasteiger partial charge in [-0.05, 0) is 81.9 Å². The van der Waals surface area contributed by atoms with Crippen LogP contribution in [0.2, 0.25) is 0 Å². The first-order valence-corrected chi connectivity index (χ1v) is 14.2. The van der Waals surface area contributed by atoms with E-state index in [9.17, 15) is 4.79 Å². The number of carbonyl (C=O) groups is 1. The number of hydrogen-bond acceptors (Lipinski definition) is 6. The third-order valence-electron chi connectivity index (χ3n) is 8.02. The second kappa shape index (κ2) is 12.4. The molecule has 5 rings (SSSR count). The normalized spacial score (nSPS) is 16.8. The van der Waals surface area contributed by atoms with Crippen LogP contribution in [0.3, 0.4) is 0 Å². The van der Waals surface area contributed by atoms with Gasteiger partial charge in [0.15, 0.2) is 0 Å². The summed E-state index contributed by atoms with van der Waals surface area (Å²) < 4.78 is 0. The molecule has 0 radical (unpaired) electrons. The molecule has 2 fully saturated rings. The van der Waals surface area contributed by atoms with Gasteiger partial charge in [0.25, 0.3) is 5.91 Å². The van der Waals surface area contributed by atoms with Crippen LogP contribution in [0.4, 0.5) is 5.82 Å². The highest BCUT2D eigenvalue weighted by Gasteiger charge is 2.28. The Kier molecular flexibility index (Phi) is 8.53. The van der Waals surface area contributed by atoms with E-state index >= 15 is 0 Å². The topological polar surface area (TPSA) is 88.2 Å². The van der Waals surface area contributed by atoms with Gasteiger partial charge >= 0.3 is 0 Å². The molecule has 0 unspecified atom stereocenters. The summed E-state index contributed by atoms with van der Waals surface area (Å²) in [5.74, 6) is 7.04. The van der Waals surface area contributed by atoms with Gasteiger partial charge in [-0.3, -0.25) is 4.79 Å². The number of amides is 1.